The number of hydrogen-bond donors (Lipinski definition) is 1. The summed E-state index contributed by atoms with van der Waals surface area (Å²) >= 11 is 0. The molecule has 0 amide bonds. The molecular formula is C13H17N3O. The Bertz CT molecular complexity index is 439. The van der Waals surface area contributed by atoms with Crippen molar-refractivity contribution in [3.63, 3.8) is 0 Å². The number of aryl methyl sites for hydroxylation is 1. The van der Waals surface area contributed by atoms with Gasteiger partial charge in [0.15, 0.2) is 0 Å². The van der Waals surface area contributed by atoms with E-state index < -0.39 is 0 Å². The van der Waals surface area contributed by atoms with Crippen LogP contribution in [-0.2, 0) is 13.6 Å². The molecule has 2 aromatic rings. The van der Waals surface area contributed by atoms with Crippen LogP contribution < -0.4 is 10.1 Å². The van der Waals surface area contributed by atoms with E-state index in [1.54, 1.807) is 6.20 Å². The van der Waals surface area contributed by atoms with Crippen LogP contribution in [0.4, 0.5) is 0 Å². The number of ether oxygens (including phenoxy) is 1. The van der Waals surface area contributed by atoms with Gasteiger partial charge in [0.25, 0.3) is 0 Å². The standard InChI is InChI=1S/C13H17N3O/c1-16-9-7-15-13(16)11-14-8-10-17-12-5-3-2-4-6-12/h2-7,9,14H,8,10-11H2,1H3. The molecule has 0 fully saturated rings. The van der Waals surface area contributed by atoms with E-state index in [0.717, 1.165) is 24.7 Å². The molecular weight excluding hydrogens is 214 g/mol. The van der Waals surface area contributed by atoms with Gasteiger partial charge in [-0.15, -0.1) is 0 Å². The Morgan fingerprint density at radius 1 is 1.29 bits per heavy atom. The second kappa shape index (κ2) is 6.06. The second-order valence-electron chi connectivity index (χ2n) is 3.79. The first-order chi connectivity index (χ1) is 8.36. The molecule has 0 unspecified atom stereocenters. The van der Waals surface area contributed by atoms with E-state index >= 15 is 0 Å². The van der Waals surface area contributed by atoms with Crippen LogP contribution in [-0.4, -0.2) is 22.7 Å². The van der Waals surface area contributed by atoms with Crippen molar-refractivity contribution in [3.05, 3.63) is 48.5 Å². The molecule has 1 N–H and O–H groups in total. The number of benzene rings is 1. The highest BCUT2D eigenvalue weighted by Gasteiger charge is 1.97. The van der Waals surface area contributed by atoms with E-state index in [1.165, 1.54) is 0 Å². The first kappa shape index (κ1) is 11.7. The molecule has 17 heavy (non-hydrogen) atoms. The summed E-state index contributed by atoms with van der Waals surface area (Å²) in [5.41, 5.74) is 0. The molecule has 90 valence electrons. The minimum Gasteiger partial charge on any atom is -0.492 e. The Hall–Kier alpha value is -1.81. The van der Waals surface area contributed by atoms with Crippen molar-refractivity contribution in [2.75, 3.05) is 13.2 Å². The van der Waals surface area contributed by atoms with Crippen molar-refractivity contribution < 1.29 is 4.74 Å². The topological polar surface area (TPSA) is 39.1 Å². The fourth-order valence-corrected chi connectivity index (χ4v) is 1.52. The van der Waals surface area contributed by atoms with Crippen LogP contribution in [0.1, 0.15) is 5.82 Å². The van der Waals surface area contributed by atoms with Crippen LogP contribution in [0.5, 0.6) is 5.75 Å². The van der Waals surface area contributed by atoms with Gasteiger partial charge in [-0.1, -0.05) is 18.2 Å². The Kier molecular flexibility index (Phi) is 4.16. The predicted molar refractivity (Wildman–Crippen MR) is 66.9 cm³/mol. The lowest BCUT2D eigenvalue weighted by atomic mass is 10.3. The molecule has 0 spiro atoms. The number of imidazole rings is 1. The highest BCUT2D eigenvalue weighted by atomic mass is 16.5. The maximum atomic E-state index is 5.57. The molecule has 4 nitrogen and oxygen atoms in total. The number of aromatic nitrogens is 2. The van der Waals surface area contributed by atoms with Gasteiger partial charge >= 0.3 is 0 Å². The molecule has 0 atom stereocenters. The van der Waals surface area contributed by atoms with Gasteiger partial charge in [0.2, 0.25) is 0 Å². The Balaban J connectivity index is 1.63. The van der Waals surface area contributed by atoms with E-state index in [4.69, 9.17) is 4.74 Å². The van der Waals surface area contributed by atoms with Crippen molar-refractivity contribution in [1.29, 1.82) is 0 Å². The normalized spacial score (nSPS) is 10.4. The fraction of sp³-hybridized carbons (Fsp3) is 0.308. The number of nitrogens with one attached hydrogen (secondary N) is 1. The van der Waals surface area contributed by atoms with E-state index in [0.29, 0.717) is 6.61 Å². The molecule has 0 aliphatic heterocycles. The van der Waals surface area contributed by atoms with Crippen molar-refractivity contribution >= 4 is 0 Å². The maximum absolute atomic E-state index is 5.57. The van der Waals surface area contributed by atoms with E-state index in [-0.39, 0.29) is 0 Å². The first-order valence-electron chi connectivity index (χ1n) is 5.71. The first-order valence-corrected chi connectivity index (χ1v) is 5.71. The van der Waals surface area contributed by atoms with Crippen molar-refractivity contribution in [1.82, 2.24) is 14.9 Å². The summed E-state index contributed by atoms with van der Waals surface area (Å²) in [5.74, 6) is 1.94. The summed E-state index contributed by atoms with van der Waals surface area (Å²) in [6.45, 7) is 2.23. The largest absolute Gasteiger partial charge is 0.492 e. The minimum absolute atomic E-state index is 0.661. The van der Waals surface area contributed by atoms with Gasteiger partial charge in [-0.2, -0.15) is 0 Å². The lowest BCUT2D eigenvalue weighted by Crippen LogP contribution is -2.22. The quantitative estimate of drug-likeness (QED) is 0.767. The number of hydrogen-bond acceptors (Lipinski definition) is 3. The highest BCUT2D eigenvalue weighted by Crippen LogP contribution is 2.07. The zero-order chi connectivity index (χ0) is 11.9. The number of nitrogens with zero attached hydrogens (tertiary/aromatic N) is 2. The molecule has 1 aromatic carbocycles. The second-order valence-corrected chi connectivity index (χ2v) is 3.79. The third-order valence-electron chi connectivity index (χ3n) is 2.49. The molecule has 2 rings (SSSR count). The van der Waals surface area contributed by atoms with Gasteiger partial charge in [-0.25, -0.2) is 4.98 Å². The Morgan fingerprint density at radius 2 is 2.12 bits per heavy atom. The molecule has 0 radical (unpaired) electrons. The predicted octanol–water partition coefficient (Wildman–Crippen LogP) is 1.59. The van der Waals surface area contributed by atoms with Crippen molar-refractivity contribution in [2.45, 2.75) is 6.54 Å². The van der Waals surface area contributed by atoms with E-state index in [2.05, 4.69) is 10.3 Å². The third kappa shape index (κ3) is 3.60. The van der Waals surface area contributed by atoms with Gasteiger partial charge in [-0.05, 0) is 12.1 Å². The molecule has 0 bridgehead atoms. The zero-order valence-corrected chi connectivity index (χ0v) is 9.97. The monoisotopic (exact) mass is 231 g/mol. The van der Waals surface area contributed by atoms with Crippen LogP contribution in [0.15, 0.2) is 42.7 Å². The summed E-state index contributed by atoms with van der Waals surface area (Å²) < 4.78 is 7.57. The third-order valence-corrected chi connectivity index (χ3v) is 2.49. The summed E-state index contributed by atoms with van der Waals surface area (Å²) in [6.07, 6.45) is 3.75. The number of para-hydroxylation sites is 1. The highest BCUT2D eigenvalue weighted by molar-refractivity contribution is 5.20. The van der Waals surface area contributed by atoms with Gasteiger partial charge in [-0.3, -0.25) is 0 Å². The summed E-state index contributed by atoms with van der Waals surface area (Å²) in [5, 5.41) is 3.29. The lowest BCUT2D eigenvalue weighted by Gasteiger charge is -2.07. The molecule has 0 saturated carbocycles. The molecule has 0 saturated heterocycles. The van der Waals surface area contributed by atoms with Crippen molar-refractivity contribution in [3.8, 4) is 5.75 Å². The summed E-state index contributed by atoms with van der Waals surface area (Å²) in [6, 6.07) is 9.83. The molecule has 1 heterocycles. The molecule has 0 aliphatic carbocycles. The van der Waals surface area contributed by atoms with Crippen LogP contribution in [0.25, 0.3) is 0 Å². The van der Waals surface area contributed by atoms with Crippen LogP contribution in [0.2, 0.25) is 0 Å². The Morgan fingerprint density at radius 3 is 2.82 bits per heavy atom. The summed E-state index contributed by atoms with van der Waals surface area (Å²) in [4.78, 5) is 4.23. The van der Waals surface area contributed by atoms with Gasteiger partial charge in [0.1, 0.15) is 18.2 Å². The smallest absolute Gasteiger partial charge is 0.122 e. The average Bonchev–Trinajstić information content (AvgIpc) is 2.76. The lowest BCUT2D eigenvalue weighted by molar-refractivity contribution is 0.313. The van der Waals surface area contributed by atoms with E-state index in [9.17, 15) is 0 Å². The van der Waals surface area contributed by atoms with Crippen LogP contribution in [0.3, 0.4) is 0 Å². The zero-order valence-electron chi connectivity index (χ0n) is 9.97. The molecule has 1 aromatic heterocycles. The van der Waals surface area contributed by atoms with Gasteiger partial charge in [0, 0.05) is 26.0 Å². The van der Waals surface area contributed by atoms with Crippen molar-refractivity contribution in [2.24, 2.45) is 7.05 Å². The molecule has 0 aliphatic rings. The Labute approximate surface area is 101 Å². The summed E-state index contributed by atoms with van der Waals surface area (Å²) in [7, 11) is 1.99. The van der Waals surface area contributed by atoms with E-state index in [1.807, 2.05) is 48.1 Å². The van der Waals surface area contributed by atoms with Crippen LogP contribution in [0, 0.1) is 0 Å². The average molecular weight is 231 g/mol. The molecule has 4 heteroatoms. The maximum Gasteiger partial charge on any atom is 0.122 e. The van der Waals surface area contributed by atoms with Gasteiger partial charge < -0.3 is 14.6 Å². The minimum atomic E-state index is 0.661. The fourth-order valence-electron chi connectivity index (χ4n) is 1.52. The van der Waals surface area contributed by atoms with Crippen LogP contribution >= 0.6 is 0 Å². The van der Waals surface area contributed by atoms with Gasteiger partial charge in [0.05, 0.1) is 6.54 Å². The SMILES string of the molecule is Cn1ccnc1CNCCOc1ccccc1. The number of rotatable bonds is 6.